The number of hydrogen-bond donors (Lipinski definition) is 3. The van der Waals surface area contributed by atoms with Gasteiger partial charge in [0.2, 0.25) is 0 Å². The van der Waals surface area contributed by atoms with Gasteiger partial charge in [0, 0.05) is 12.7 Å². The molecule has 0 bridgehead atoms. The Balaban J connectivity index is 2.37. The Hall–Kier alpha value is -2.59. The predicted octanol–water partition coefficient (Wildman–Crippen LogP) is 0.510. The molecule has 1 aromatic heterocycles. The van der Waals surface area contributed by atoms with Gasteiger partial charge in [-0.3, -0.25) is 14.0 Å². The van der Waals surface area contributed by atoms with Gasteiger partial charge in [0.05, 0.1) is 7.11 Å². The first kappa shape index (κ1) is 15.8. The fraction of sp³-hybridized carbons (Fsp3) is 0.167. The Morgan fingerprint density at radius 1 is 1.36 bits per heavy atom. The van der Waals surface area contributed by atoms with Crippen LogP contribution < -0.4 is 15.8 Å². The Kier molecular flexibility index (Phi) is 4.06. The smallest absolute Gasteiger partial charge is 0.300 e. The number of rotatable bonds is 4. The number of anilines is 2. The summed E-state index contributed by atoms with van der Waals surface area (Å²) in [4.78, 5) is 11.5. The number of carbonyl (C=O) groups is 1. The molecule has 9 nitrogen and oxygen atoms in total. The van der Waals surface area contributed by atoms with Crippen molar-refractivity contribution >= 4 is 27.5 Å². The minimum atomic E-state index is -4.68. The zero-order valence-corrected chi connectivity index (χ0v) is 12.6. The van der Waals surface area contributed by atoms with Crippen molar-refractivity contribution in [3.63, 3.8) is 0 Å². The largest absolute Gasteiger partial charge is 0.497 e. The van der Waals surface area contributed by atoms with Crippen LogP contribution in [0.2, 0.25) is 0 Å². The van der Waals surface area contributed by atoms with Crippen molar-refractivity contribution in [2.24, 2.45) is 7.05 Å². The van der Waals surface area contributed by atoms with E-state index in [1.54, 1.807) is 24.3 Å². The fourth-order valence-electron chi connectivity index (χ4n) is 1.89. The third-order valence-corrected chi connectivity index (χ3v) is 3.77. The second-order valence-electron chi connectivity index (χ2n) is 4.34. The van der Waals surface area contributed by atoms with Crippen LogP contribution in [0, 0.1) is 0 Å². The molecule has 0 atom stereocenters. The Labute approximate surface area is 126 Å². The van der Waals surface area contributed by atoms with Crippen molar-refractivity contribution in [2.75, 3.05) is 18.2 Å². The topological polar surface area (TPSA) is 137 Å². The number of nitrogens with one attached hydrogen (secondary N) is 1. The minimum absolute atomic E-state index is 0.365. The minimum Gasteiger partial charge on any atom is -0.497 e. The summed E-state index contributed by atoms with van der Waals surface area (Å²) in [5, 5.41) is 6.13. The van der Waals surface area contributed by atoms with Gasteiger partial charge in [-0.15, -0.1) is 0 Å². The molecule has 22 heavy (non-hydrogen) atoms. The number of benzene rings is 1. The predicted molar refractivity (Wildman–Crippen MR) is 78.4 cm³/mol. The average molecular weight is 326 g/mol. The number of ether oxygens (including phenoxy) is 1. The summed E-state index contributed by atoms with van der Waals surface area (Å²) in [6, 6.07) is 6.39. The molecule has 10 heteroatoms. The molecular formula is C12H14N4O5S. The molecule has 0 fully saturated rings. The molecule has 0 radical (unpaired) electrons. The van der Waals surface area contributed by atoms with Crippen LogP contribution in [0.3, 0.4) is 0 Å². The molecule has 0 aliphatic carbocycles. The van der Waals surface area contributed by atoms with Gasteiger partial charge in [0.25, 0.3) is 5.91 Å². The first-order valence-electron chi connectivity index (χ1n) is 5.99. The molecule has 0 saturated heterocycles. The maximum absolute atomic E-state index is 12.2. The van der Waals surface area contributed by atoms with E-state index in [1.807, 2.05) is 0 Å². The second kappa shape index (κ2) is 5.66. The lowest BCUT2D eigenvalue weighted by molar-refractivity contribution is 0.101. The van der Waals surface area contributed by atoms with E-state index < -0.39 is 26.7 Å². The number of nitrogens with zero attached hydrogens (tertiary/aromatic N) is 2. The van der Waals surface area contributed by atoms with Gasteiger partial charge >= 0.3 is 10.1 Å². The van der Waals surface area contributed by atoms with Gasteiger partial charge in [-0.25, -0.2) is 0 Å². The molecule has 2 aromatic rings. The van der Waals surface area contributed by atoms with Crippen LogP contribution in [-0.4, -0.2) is 35.8 Å². The molecule has 0 unspecified atom stereocenters. The fourth-order valence-corrected chi connectivity index (χ4v) is 2.67. The van der Waals surface area contributed by atoms with Gasteiger partial charge in [-0.1, -0.05) is 0 Å². The molecule has 118 valence electrons. The standard InChI is InChI=1S/C12H14N4O5S/c1-16-9(10(11(13)15-16)22(18,19)20)12(17)14-7-3-5-8(21-2)6-4-7/h3-6H,1-2H3,(H2,13,15)(H,14,17)(H,18,19,20). The lowest BCUT2D eigenvalue weighted by Crippen LogP contribution is -2.19. The summed E-state index contributed by atoms with van der Waals surface area (Å²) in [6.07, 6.45) is 0. The van der Waals surface area contributed by atoms with Crippen molar-refractivity contribution < 1.29 is 22.5 Å². The summed E-state index contributed by atoms with van der Waals surface area (Å²) in [7, 11) is -1.83. The van der Waals surface area contributed by atoms with E-state index in [-0.39, 0.29) is 5.69 Å². The highest BCUT2D eigenvalue weighted by molar-refractivity contribution is 7.86. The molecular weight excluding hydrogens is 312 g/mol. The van der Waals surface area contributed by atoms with Crippen molar-refractivity contribution in [2.45, 2.75) is 4.90 Å². The first-order valence-corrected chi connectivity index (χ1v) is 7.43. The van der Waals surface area contributed by atoms with Crippen LogP contribution in [0.1, 0.15) is 10.5 Å². The lowest BCUT2D eigenvalue weighted by atomic mass is 10.3. The van der Waals surface area contributed by atoms with Crippen molar-refractivity contribution in [3.05, 3.63) is 30.0 Å². The van der Waals surface area contributed by atoms with E-state index in [1.165, 1.54) is 14.2 Å². The Morgan fingerprint density at radius 3 is 2.45 bits per heavy atom. The van der Waals surface area contributed by atoms with Crippen molar-refractivity contribution in [3.8, 4) is 5.75 Å². The number of hydrogen-bond acceptors (Lipinski definition) is 6. The number of amides is 1. The summed E-state index contributed by atoms with van der Waals surface area (Å²) in [5.74, 6) is -0.629. The Bertz CT molecular complexity index is 811. The van der Waals surface area contributed by atoms with Gasteiger partial charge < -0.3 is 15.8 Å². The molecule has 1 heterocycles. The monoisotopic (exact) mass is 326 g/mol. The molecule has 0 saturated carbocycles. The molecule has 0 spiro atoms. The highest BCUT2D eigenvalue weighted by Gasteiger charge is 2.29. The van der Waals surface area contributed by atoms with Crippen LogP contribution in [0.5, 0.6) is 5.75 Å². The zero-order chi connectivity index (χ0) is 16.5. The van der Waals surface area contributed by atoms with Crippen LogP contribution in [0.25, 0.3) is 0 Å². The van der Waals surface area contributed by atoms with E-state index in [0.29, 0.717) is 11.4 Å². The number of aryl methyl sites for hydroxylation is 1. The van der Waals surface area contributed by atoms with Crippen LogP contribution in [0.15, 0.2) is 29.2 Å². The summed E-state index contributed by atoms with van der Waals surface area (Å²) in [5.41, 5.74) is 5.47. The highest BCUT2D eigenvalue weighted by Crippen LogP contribution is 2.23. The van der Waals surface area contributed by atoms with Crippen LogP contribution in [-0.2, 0) is 17.2 Å². The van der Waals surface area contributed by atoms with Gasteiger partial charge in [0.15, 0.2) is 10.7 Å². The molecule has 1 aromatic carbocycles. The molecule has 1 amide bonds. The van der Waals surface area contributed by atoms with E-state index >= 15 is 0 Å². The van der Waals surface area contributed by atoms with E-state index in [9.17, 15) is 17.8 Å². The van der Waals surface area contributed by atoms with Crippen LogP contribution in [0.4, 0.5) is 11.5 Å². The maximum Gasteiger partial charge on any atom is 0.300 e. The molecule has 4 N–H and O–H groups in total. The van der Waals surface area contributed by atoms with Crippen LogP contribution >= 0.6 is 0 Å². The summed E-state index contributed by atoms with van der Waals surface area (Å²) in [6.45, 7) is 0. The van der Waals surface area contributed by atoms with Gasteiger partial charge in [-0.05, 0) is 24.3 Å². The van der Waals surface area contributed by atoms with E-state index in [0.717, 1.165) is 4.68 Å². The second-order valence-corrected chi connectivity index (χ2v) is 5.70. The molecule has 0 aliphatic heterocycles. The average Bonchev–Trinajstić information content (AvgIpc) is 2.74. The van der Waals surface area contributed by atoms with Gasteiger partial charge in [-0.2, -0.15) is 13.5 Å². The number of aromatic nitrogens is 2. The highest BCUT2D eigenvalue weighted by atomic mass is 32.2. The zero-order valence-electron chi connectivity index (χ0n) is 11.8. The summed E-state index contributed by atoms with van der Waals surface area (Å²) < 4.78 is 37.9. The Morgan fingerprint density at radius 2 is 1.95 bits per heavy atom. The molecule has 2 rings (SSSR count). The SMILES string of the molecule is COc1ccc(NC(=O)c2c(S(=O)(=O)O)c(N)nn2C)cc1. The number of nitrogens with two attached hydrogens (primary N) is 1. The normalized spacial score (nSPS) is 11.2. The lowest BCUT2D eigenvalue weighted by Gasteiger charge is -2.07. The van der Waals surface area contributed by atoms with Crippen molar-refractivity contribution in [1.82, 2.24) is 9.78 Å². The van der Waals surface area contributed by atoms with E-state index in [4.69, 9.17) is 10.5 Å². The number of carbonyl (C=O) groups excluding carboxylic acids is 1. The third-order valence-electron chi connectivity index (χ3n) is 2.85. The van der Waals surface area contributed by atoms with Gasteiger partial charge in [0.1, 0.15) is 11.4 Å². The third kappa shape index (κ3) is 3.02. The first-order chi connectivity index (χ1) is 10.2. The van der Waals surface area contributed by atoms with Crippen molar-refractivity contribution in [1.29, 1.82) is 0 Å². The number of methoxy groups -OCH3 is 1. The quantitative estimate of drug-likeness (QED) is 0.696. The van der Waals surface area contributed by atoms with E-state index in [2.05, 4.69) is 10.4 Å². The number of nitrogen functional groups attached to an aromatic ring is 1. The maximum atomic E-state index is 12.2. The molecule has 0 aliphatic rings. The summed E-state index contributed by atoms with van der Waals surface area (Å²) >= 11 is 0.